The van der Waals surface area contributed by atoms with E-state index in [9.17, 15) is 4.39 Å². The lowest BCUT2D eigenvalue weighted by atomic mass is 10.1. The van der Waals surface area contributed by atoms with E-state index in [1.807, 2.05) is 6.33 Å². The maximum absolute atomic E-state index is 13.8. The molecule has 2 aromatic rings. The molecule has 3 rings (SSSR count). The number of rotatable bonds is 5. The lowest BCUT2D eigenvalue weighted by molar-refractivity contribution is 0.293. The van der Waals surface area contributed by atoms with E-state index in [1.54, 1.807) is 25.3 Å². The van der Waals surface area contributed by atoms with Crippen molar-refractivity contribution in [2.24, 2.45) is 5.73 Å². The lowest BCUT2D eigenvalue weighted by Gasteiger charge is -2.11. The van der Waals surface area contributed by atoms with Gasteiger partial charge in [-0.3, -0.25) is 0 Å². The third kappa shape index (κ3) is 2.67. The second-order valence-corrected chi connectivity index (χ2v) is 5.28. The fourth-order valence-electron chi connectivity index (χ4n) is 2.25. The van der Waals surface area contributed by atoms with Crippen LogP contribution in [-0.2, 0) is 6.61 Å². The van der Waals surface area contributed by atoms with E-state index in [0.29, 0.717) is 24.0 Å². The average molecular weight is 275 g/mol. The zero-order valence-corrected chi connectivity index (χ0v) is 11.4. The Hall–Kier alpha value is -1.88. The van der Waals surface area contributed by atoms with Crippen molar-refractivity contribution in [3.8, 4) is 5.75 Å². The fraction of sp³-hybridized carbons (Fsp3) is 0.400. The first-order chi connectivity index (χ1) is 9.65. The van der Waals surface area contributed by atoms with Crippen LogP contribution in [0.1, 0.15) is 43.1 Å². The number of hydrogen-bond donors (Lipinski definition) is 1. The molecule has 1 heterocycles. The zero-order chi connectivity index (χ0) is 14.1. The van der Waals surface area contributed by atoms with Crippen LogP contribution in [0.4, 0.5) is 4.39 Å². The predicted molar refractivity (Wildman–Crippen MR) is 73.8 cm³/mol. The number of aromatic nitrogens is 2. The molecular weight excluding hydrogens is 257 g/mol. The second-order valence-electron chi connectivity index (χ2n) is 5.28. The van der Waals surface area contributed by atoms with Crippen molar-refractivity contribution in [2.45, 2.75) is 38.5 Å². The average Bonchev–Trinajstić information content (AvgIpc) is 3.15. The minimum atomic E-state index is -0.326. The first kappa shape index (κ1) is 13.1. The van der Waals surface area contributed by atoms with Gasteiger partial charge in [-0.2, -0.15) is 0 Å². The van der Waals surface area contributed by atoms with Crippen molar-refractivity contribution in [1.29, 1.82) is 0 Å². The van der Waals surface area contributed by atoms with Crippen LogP contribution in [0, 0.1) is 5.82 Å². The molecule has 2 N–H and O–H groups in total. The van der Waals surface area contributed by atoms with Crippen LogP contribution in [0.3, 0.4) is 0 Å². The standard InChI is InChI=1S/C15H18FN3O/c1-10(17)14-5-4-13(6-15(14)16)20-8-12-7-18-9-19(12)11-2-3-11/h4-7,9-11H,2-3,8,17H2,1H3/t10-/m0/s1. The number of ether oxygens (including phenoxy) is 1. The molecule has 4 nitrogen and oxygen atoms in total. The van der Waals surface area contributed by atoms with Gasteiger partial charge in [0.15, 0.2) is 0 Å². The van der Waals surface area contributed by atoms with Gasteiger partial charge in [0.2, 0.25) is 0 Å². The number of nitrogens with two attached hydrogens (primary N) is 1. The highest BCUT2D eigenvalue weighted by molar-refractivity contribution is 5.30. The molecule has 1 aromatic carbocycles. The maximum atomic E-state index is 13.8. The predicted octanol–water partition coefficient (Wildman–Crippen LogP) is 2.96. The summed E-state index contributed by atoms with van der Waals surface area (Å²) in [5.41, 5.74) is 7.20. The van der Waals surface area contributed by atoms with Crippen LogP contribution in [0.25, 0.3) is 0 Å². The maximum Gasteiger partial charge on any atom is 0.131 e. The number of hydrogen-bond acceptors (Lipinski definition) is 3. The SMILES string of the molecule is C[C@H](N)c1ccc(OCc2cncn2C2CC2)cc1F. The van der Waals surface area contributed by atoms with Gasteiger partial charge in [0, 0.05) is 23.7 Å². The van der Waals surface area contributed by atoms with Crippen molar-refractivity contribution >= 4 is 0 Å². The normalized spacial score (nSPS) is 16.1. The largest absolute Gasteiger partial charge is 0.487 e. The van der Waals surface area contributed by atoms with Gasteiger partial charge in [0.1, 0.15) is 18.2 Å². The van der Waals surface area contributed by atoms with E-state index in [4.69, 9.17) is 10.5 Å². The van der Waals surface area contributed by atoms with Crippen molar-refractivity contribution in [2.75, 3.05) is 0 Å². The summed E-state index contributed by atoms with van der Waals surface area (Å²) in [4.78, 5) is 4.14. The molecule has 0 spiro atoms. The van der Waals surface area contributed by atoms with E-state index < -0.39 is 0 Å². The van der Waals surface area contributed by atoms with E-state index in [-0.39, 0.29) is 11.9 Å². The highest BCUT2D eigenvalue weighted by Gasteiger charge is 2.25. The van der Waals surface area contributed by atoms with Crippen LogP contribution >= 0.6 is 0 Å². The number of imidazole rings is 1. The minimum absolute atomic E-state index is 0.319. The molecule has 1 saturated carbocycles. The summed E-state index contributed by atoms with van der Waals surface area (Å²) in [6.45, 7) is 2.15. The summed E-state index contributed by atoms with van der Waals surface area (Å²) < 4.78 is 21.6. The molecule has 1 aliphatic rings. The smallest absolute Gasteiger partial charge is 0.131 e. The fourth-order valence-corrected chi connectivity index (χ4v) is 2.25. The van der Waals surface area contributed by atoms with Crippen molar-refractivity contribution in [3.63, 3.8) is 0 Å². The van der Waals surface area contributed by atoms with E-state index in [2.05, 4.69) is 9.55 Å². The summed E-state index contributed by atoms with van der Waals surface area (Å²) >= 11 is 0. The molecule has 0 radical (unpaired) electrons. The minimum Gasteiger partial charge on any atom is -0.487 e. The first-order valence-corrected chi connectivity index (χ1v) is 6.83. The Morgan fingerprint density at radius 3 is 2.95 bits per heavy atom. The molecule has 1 fully saturated rings. The summed E-state index contributed by atoms with van der Waals surface area (Å²) in [7, 11) is 0. The van der Waals surface area contributed by atoms with Gasteiger partial charge in [0.05, 0.1) is 18.2 Å². The molecule has 0 aliphatic heterocycles. The molecule has 5 heteroatoms. The van der Waals surface area contributed by atoms with Crippen LogP contribution < -0.4 is 10.5 Å². The molecular formula is C15H18FN3O. The van der Waals surface area contributed by atoms with Crippen molar-refractivity contribution in [1.82, 2.24) is 9.55 Å². The summed E-state index contributed by atoms with van der Waals surface area (Å²) in [6, 6.07) is 5.05. The molecule has 0 amide bonds. The number of halogens is 1. The Labute approximate surface area is 117 Å². The van der Waals surface area contributed by atoms with Gasteiger partial charge < -0.3 is 15.0 Å². The zero-order valence-electron chi connectivity index (χ0n) is 11.4. The lowest BCUT2D eigenvalue weighted by Crippen LogP contribution is -2.08. The van der Waals surface area contributed by atoms with E-state index in [1.165, 1.54) is 18.9 Å². The quantitative estimate of drug-likeness (QED) is 0.912. The van der Waals surface area contributed by atoms with Gasteiger partial charge >= 0.3 is 0 Å². The second kappa shape index (κ2) is 5.25. The van der Waals surface area contributed by atoms with Crippen LogP contribution in [-0.4, -0.2) is 9.55 Å². The molecule has 0 bridgehead atoms. The summed E-state index contributed by atoms with van der Waals surface area (Å²) in [5, 5.41) is 0. The van der Waals surface area contributed by atoms with Gasteiger partial charge in [0.25, 0.3) is 0 Å². The monoisotopic (exact) mass is 275 g/mol. The molecule has 1 aromatic heterocycles. The Balaban J connectivity index is 1.69. The van der Waals surface area contributed by atoms with Crippen LogP contribution in [0.5, 0.6) is 5.75 Å². The molecule has 1 atom stereocenters. The molecule has 106 valence electrons. The number of benzene rings is 1. The topological polar surface area (TPSA) is 53.1 Å². The number of nitrogens with zero attached hydrogens (tertiary/aromatic N) is 2. The summed E-state index contributed by atoms with van der Waals surface area (Å²) in [6.07, 6.45) is 6.02. The third-order valence-electron chi connectivity index (χ3n) is 3.54. The van der Waals surface area contributed by atoms with E-state index >= 15 is 0 Å². The Morgan fingerprint density at radius 2 is 2.30 bits per heavy atom. The summed E-state index contributed by atoms with van der Waals surface area (Å²) in [5.74, 6) is 0.184. The molecule has 0 saturated heterocycles. The van der Waals surface area contributed by atoms with Gasteiger partial charge in [-0.15, -0.1) is 0 Å². The highest BCUT2D eigenvalue weighted by atomic mass is 19.1. The first-order valence-electron chi connectivity index (χ1n) is 6.83. The van der Waals surface area contributed by atoms with Crippen molar-refractivity contribution in [3.05, 3.63) is 47.8 Å². The van der Waals surface area contributed by atoms with Crippen molar-refractivity contribution < 1.29 is 9.13 Å². The highest BCUT2D eigenvalue weighted by Crippen LogP contribution is 2.35. The Bertz CT molecular complexity index is 605. The third-order valence-corrected chi connectivity index (χ3v) is 3.54. The van der Waals surface area contributed by atoms with Gasteiger partial charge in [-0.1, -0.05) is 6.07 Å². The Morgan fingerprint density at radius 1 is 1.50 bits per heavy atom. The Kier molecular flexibility index (Phi) is 3.44. The molecule has 0 unspecified atom stereocenters. The van der Waals surface area contributed by atoms with Gasteiger partial charge in [-0.25, -0.2) is 9.37 Å². The van der Waals surface area contributed by atoms with Crippen LogP contribution in [0.15, 0.2) is 30.7 Å². The van der Waals surface area contributed by atoms with Crippen LogP contribution in [0.2, 0.25) is 0 Å². The van der Waals surface area contributed by atoms with Gasteiger partial charge in [-0.05, 0) is 25.8 Å². The van der Waals surface area contributed by atoms with E-state index in [0.717, 1.165) is 5.69 Å². The molecule has 20 heavy (non-hydrogen) atoms. The molecule has 1 aliphatic carbocycles.